The summed E-state index contributed by atoms with van der Waals surface area (Å²) in [6, 6.07) is 0. The second kappa shape index (κ2) is 57.0. The Hall–Kier alpha value is -1.94. The molecule has 3 N–H and O–H groups in total. The van der Waals surface area contributed by atoms with Gasteiger partial charge in [0, 0.05) is 25.7 Å². The number of phosphoric ester groups is 2. The summed E-state index contributed by atoms with van der Waals surface area (Å²) in [6.07, 6.45) is 37.7. The van der Waals surface area contributed by atoms with Gasteiger partial charge in [-0.1, -0.05) is 274 Å². The quantitative estimate of drug-likeness (QED) is 0.0222. The van der Waals surface area contributed by atoms with E-state index in [-0.39, 0.29) is 25.7 Å². The number of carbonyl (C=O) groups excluding carboxylic acids is 4. The molecule has 0 saturated heterocycles. The number of aliphatic hydroxyl groups is 1. The van der Waals surface area contributed by atoms with Crippen molar-refractivity contribution in [2.45, 2.75) is 343 Å². The van der Waals surface area contributed by atoms with Crippen molar-refractivity contribution in [3.8, 4) is 0 Å². The molecule has 0 radical (unpaired) electrons. The third-order valence-corrected chi connectivity index (χ3v) is 17.6. The van der Waals surface area contributed by atoms with Gasteiger partial charge in [-0.05, 0) is 49.4 Å². The summed E-state index contributed by atoms with van der Waals surface area (Å²) < 4.78 is 68.1. The van der Waals surface area contributed by atoms with E-state index in [9.17, 15) is 43.2 Å². The second-order valence-electron chi connectivity index (χ2n) is 25.9. The lowest BCUT2D eigenvalue weighted by Gasteiger charge is -2.21. The number of rotatable bonds is 64. The molecular weight excluding hydrogens is 1140 g/mol. The fourth-order valence-corrected chi connectivity index (χ4v) is 11.5. The van der Waals surface area contributed by atoms with Crippen LogP contribution >= 0.6 is 15.6 Å². The smallest absolute Gasteiger partial charge is 0.462 e. The molecule has 510 valence electrons. The van der Waals surface area contributed by atoms with Crippen LogP contribution in [-0.2, 0) is 65.4 Å². The molecule has 0 bridgehead atoms. The van der Waals surface area contributed by atoms with Gasteiger partial charge in [-0.2, -0.15) is 0 Å². The Morgan fingerprint density at radius 3 is 0.826 bits per heavy atom. The van der Waals surface area contributed by atoms with Crippen LogP contribution in [-0.4, -0.2) is 96.7 Å². The molecule has 17 nitrogen and oxygen atoms in total. The summed E-state index contributed by atoms with van der Waals surface area (Å²) in [5.41, 5.74) is 0. The van der Waals surface area contributed by atoms with Crippen molar-refractivity contribution in [3.05, 3.63) is 0 Å². The van der Waals surface area contributed by atoms with Crippen LogP contribution in [0.25, 0.3) is 0 Å². The fraction of sp³-hybridized carbons (Fsp3) is 0.940. The maximum atomic E-state index is 13.0. The first-order valence-corrected chi connectivity index (χ1v) is 37.7. The third-order valence-electron chi connectivity index (χ3n) is 15.7. The molecule has 0 aliphatic carbocycles. The summed E-state index contributed by atoms with van der Waals surface area (Å²) in [6.45, 7) is 14.0. The number of hydrogen-bond acceptors (Lipinski definition) is 15. The van der Waals surface area contributed by atoms with E-state index in [1.165, 1.54) is 122 Å². The molecule has 3 unspecified atom stereocenters. The number of esters is 4. The highest BCUT2D eigenvalue weighted by Gasteiger charge is 2.30. The Morgan fingerprint density at radius 2 is 0.558 bits per heavy atom. The van der Waals surface area contributed by atoms with Crippen molar-refractivity contribution in [3.63, 3.8) is 0 Å². The molecule has 0 rings (SSSR count). The number of carbonyl (C=O) groups is 4. The topological polar surface area (TPSA) is 237 Å². The molecule has 0 aromatic carbocycles. The van der Waals surface area contributed by atoms with Crippen molar-refractivity contribution < 1.29 is 80.2 Å². The zero-order valence-corrected chi connectivity index (χ0v) is 57.7. The van der Waals surface area contributed by atoms with Crippen LogP contribution in [0.5, 0.6) is 0 Å². The first kappa shape index (κ1) is 84.1. The minimum absolute atomic E-state index is 0.102. The summed E-state index contributed by atoms with van der Waals surface area (Å²) in [4.78, 5) is 72.3. The summed E-state index contributed by atoms with van der Waals surface area (Å²) >= 11 is 0. The normalized spacial score (nSPS) is 14.7. The molecule has 0 fully saturated rings. The zero-order chi connectivity index (χ0) is 63.9. The van der Waals surface area contributed by atoms with Crippen molar-refractivity contribution in [1.82, 2.24) is 0 Å². The maximum absolute atomic E-state index is 13.0. The number of hydrogen-bond donors (Lipinski definition) is 3. The first-order valence-electron chi connectivity index (χ1n) is 34.7. The average Bonchev–Trinajstić information content (AvgIpc) is 3.63. The minimum atomic E-state index is -4.95. The molecule has 86 heavy (non-hydrogen) atoms. The van der Waals surface area contributed by atoms with Gasteiger partial charge in [0.25, 0.3) is 0 Å². The number of unbranched alkanes of at least 4 members (excludes halogenated alkanes) is 29. The van der Waals surface area contributed by atoms with Gasteiger partial charge in [0.2, 0.25) is 0 Å². The zero-order valence-electron chi connectivity index (χ0n) is 55.9. The van der Waals surface area contributed by atoms with Crippen LogP contribution in [0.2, 0.25) is 0 Å². The van der Waals surface area contributed by atoms with Crippen LogP contribution < -0.4 is 0 Å². The molecule has 0 spiro atoms. The lowest BCUT2D eigenvalue weighted by Crippen LogP contribution is -2.30. The second-order valence-corrected chi connectivity index (χ2v) is 28.8. The molecule has 0 amide bonds. The molecule has 0 saturated carbocycles. The van der Waals surface area contributed by atoms with Gasteiger partial charge in [-0.3, -0.25) is 37.3 Å². The third kappa shape index (κ3) is 59.7. The molecular formula is C67H130O17P2. The molecule has 0 aromatic rings. The highest BCUT2D eigenvalue weighted by atomic mass is 31.2. The lowest BCUT2D eigenvalue weighted by atomic mass is 9.99. The van der Waals surface area contributed by atoms with Gasteiger partial charge in [-0.25, -0.2) is 9.13 Å². The lowest BCUT2D eigenvalue weighted by molar-refractivity contribution is -0.161. The number of phosphoric acid groups is 2. The van der Waals surface area contributed by atoms with Gasteiger partial charge in [0.05, 0.1) is 26.4 Å². The Bertz CT molecular complexity index is 1720. The summed E-state index contributed by atoms with van der Waals surface area (Å²) in [5.74, 6) is 0.800. The van der Waals surface area contributed by atoms with Crippen LogP contribution in [0, 0.1) is 23.7 Å². The standard InChI is InChI=1S/C67H130O17P2/c1-9-60(8)46-38-30-21-15-11-13-16-22-31-39-47-64(69)77-53-62(83-66(71)49-41-33-23-17-12-10-14-19-27-35-43-57(2)3)55-81-85(73,74)79-51-61(68)52-80-86(75,76)82-56-63(54-78-65(70)48-40-32-26-25-29-37-45-59(6)7)84-67(72)50-42-34-24-18-20-28-36-44-58(4)5/h57-63,68H,9-56H2,1-8H3,(H,73,74)(H,75,76)/t60?,61-,62-,63-/m1/s1. The van der Waals surface area contributed by atoms with Crippen LogP contribution in [0.15, 0.2) is 0 Å². The van der Waals surface area contributed by atoms with E-state index in [1.807, 2.05) is 0 Å². The van der Waals surface area contributed by atoms with Gasteiger partial charge in [0.15, 0.2) is 12.2 Å². The Balaban J connectivity index is 5.25. The van der Waals surface area contributed by atoms with Gasteiger partial charge in [-0.15, -0.1) is 0 Å². The Morgan fingerprint density at radius 1 is 0.326 bits per heavy atom. The largest absolute Gasteiger partial charge is 0.472 e. The van der Waals surface area contributed by atoms with Crippen molar-refractivity contribution in [2.24, 2.45) is 23.7 Å². The number of aliphatic hydroxyl groups excluding tert-OH is 1. The Labute approximate surface area is 524 Å². The number of ether oxygens (including phenoxy) is 4. The molecule has 0 heterocycles. The van der Waals surface area contributed by atoms with Crippen molar-refractivity contribution in [1.29, 1.82) is 0 Å². The maximum Gasteiger partial charge on any atom is 0.472 e. The van der Waals surface area contributed by atoms with E-state index >= 15 is 0 Å². The highest BCUT2D eigenvalue weighted by Crippen LogP contribution is 2.45. The van der Waals surface area contributed by atoms with Crippen molar-refractivity contribution in [2.75, 3.05) is 39.6 Å². The predicted molar refractivity (Wildman–Crippen MR) is 344 cm³/mol. The van der Waals surface area contributed by atoms with Gasteiger partial charge in [0.1, 0.15) is 19.3 Å². The molecule has 0 aliphatic rings. The van der Waals surface area contributed by atoms with E-state index in [1.54, 1.807) is 0 Å². The molecule has 19 heteroatoms. The average molecular weight is 1270 g/mol. The van der Waals surface area contributed by atoms with Crippen LogP contribution in [0.1, 0.15) is 325 Å². The summed E-state index contributed by atoms with van der Waals surface area (Å²) in [7, 11) is -9.90. The van der Waals surface area contributed by atoms with Crippen molar-refractivity contribution >= 4 is 39.5 Å². The first-order chi connectivity index (χ1) is 41.1. The van der Waals surface area contributed by atoms with E-state index in [0.29, 0.717) is 37.5 Å². The Kier molecular flexibility index (Phi) is 55.7. The predicted octanol–water partition coefficient (Wildman–Crippen LogP) is 18.5. The van der Waals surface area contributed by atoms with E-state index in [4.69, 9.17) is 37.0 Å². The molecule has 0 aromatic heterocycles. The fourth-order valence-electron chi connectivity index (χ4n) is 9.93. The van der Waals surface area contributed by atoms with Crippen LogP contribution in [0.3, 0.4) is 0 Å². The van der Waals surface area contributed by atoms with E-state index in [0.717, 1.165) is 108 Å². The summed E-state index contributed by atoms with van der Waals surface area (Å²) in [5, 5.41) is 10.6. The molecule has 0 aliphatic heterocycles. The van der Waals surface area contributed by atoms with Gasteiger partial charge >= 0.3 is 39.5 Å². The van der Waals surface area contributed by atoms with Gasteiger partial charge < -0.3 is 33.8 Å². The van der Waals surface area contributed by atoms with E-state index in [2.05, 4.69) is 55.4 Å². The SMILES string of the molecule is CCC(C)CCCCCCCCCCCCC(=O)OC[C@H](COP(=O)(O)OC[C@@H](O)COP(=O)(O)OC[C@@H](COC(=O)CCCCCCCCC(C)C)OC(=O)CCCCCCCCCC(C)C)OC(=O)CCCCCCCCCCCCC(C)C. The highest BCUT2D eigenvalue weighted by molar-refractivity contribution is 7.47. The monoisotopic (exact) mass is 1270 g/mol. The van der Waals surface area contributed by atoms with Crippen LogP contribution in [0.4, 0.5) is 0 Å². The molecule has 6 atom stereocenters. The van der Waals surface area contributed by atoms with E-state index < -0.39 is 97.5 Å². The minimum Gasteiger partial charge on any atom is -0.462 e.